The van der Waals surface area contributed by atoms with Crippen LogP contribution in [-0.2, 0) is 6.54 Å². The van der Waals surface area contributed by atoms with E-state index in [2.05, 4.69) is 15.3 Å². The van der Waals surface area contributed by atoms with Gasteiger partial charge in [-0.25, -0.2) is 4.39 Å². The Kier molecular flexibility index (Phi) is 3.22. The van der Waals surface area contributed by atoms with Crippen LogP contribution >= 0.6 is 0 Å². The number of hydrogen-bond acceptors (Lipinski definition) is 3. The minimum absolute atomic E-state index is 0.270. The van der Waals surface area contributed by atoms with Crippen LogP contribution < -0.4 is 5.32 Å². The van der Waals surface area contributed by atoms with E-state index in [4.69, 9.17) is 0 Å². The van der Waals surface area contributed by atoms with E-state index in [1.54, 1.807) is 24.7 Å². The molecule has 0 aliphatic heterocycles. The largest absolute Gasteiger partial charge is 0.316 e. The van der Waals surface area contributed by atoms with E-state index in [0.717, 1.165) is 5.56 Å². The number of aromatic nitrogens is 2. The molecule has 0 fully saturated rings. The SMILES string of the molecule is CNCc1ccc(-c2cnccn2)c(F)c1. The van der Waals surface area contributed by atoms with Gasteiger partial charge >= 0.3 is 0 Å². The molecule has 0 unspecified atom stereocenters. The van der Waals surface area contributed by atoms with Crippen molar-refractivity contribution in [3.8, 4) is 11.3 Å². The van der Waals surface area contributed by atoms with Gasteiger partial charge in [0.15, 0.2) is 0 Å². The Morgan fingerprint density at radius 3 is 2.81 bits per heavy atom. The van der Waals surface area contributed by atoms with Crippen molar-refractivity contribution in [3.05, 3.63) is 48.2 Å². The molecule has 0 aliphatic rings. The van der Waals surface area contributed by atoms with Crippen LogP contribution in [0.2, 0.25) is 0 Å². The van der Waals surface area contributed by atoms with Gasteiger partial charge in [0.2, 0.25) is 0 Å². The third kappa shape index (κ3) is 2.23. The summed E-state index contributed by atoms with van der Waals surface area (Å²) < 4.78 is 13.8. The van der Waals surface area contributed by atoms with Gasteiger partial charge in [-0.3, -0.25) is 9.97 Å². The molecule has 0 atom stereocenters. The lowest BCUT2D eigenvalue weighted by molar-refractivity contribution is 0.626. The van der Waals surface area contributed by atoms with Gasteiger partial charge in [0.1, 0.15) is 5.82 Å². The summed E-state index contributed by atoms with van der Waals surface area (Å²) >= 11 is 0. The van der Waals surface area contributed by atoms with Crippen LogP contribution in [0.1, 0.15) is 5.56 Å². The molecule has 4 heteroatoms. The summed E-state index contributed by atoms with van der Waals surface area (Å²) in [5, 5.41) is 2.98. The van der Waals surface area contributed by atoms with Gasteiger partial charge in [-0.2, -0.15) is 0 Å². The highest BCUT2D eigenvalue weighted by atomic mass is 19.1. The number of rotatable bonds is 3. The topological polar surface area (TPSA) is 37.8 Å². The van der Waals surface area contributed by atoms with Gasteiger partial charge in [0.05, 0.1) is 11.9 Å². The molecule has 0 amide bonds. The van der Waals surface area contributed by atoms with E-state index >= 15 is 0 Å². The molecular weight excluding hydrogens is 205 g/mol. The third-order valence-electron chi connectivity index (χ3n) is 2.25. The number of hydrogen-bond donors (Lipinski definition) is 1. The quantitative estimate of drug-likeness (QED) is 0.854. The van der Waals surface area contributed by atoms with Crippen molar-refractivity contribution in [2.45, 2.75) is 6.54 Å². The lowest BCUT2D eigenvalue weighted by Crippen LogP contribution is -2.05. The molecule has 1 aromatic carbocycles. The van der Waals surface area contributed by atoms with Gasteiger partial charge in [-0.1, -0.05) is 6.07 Å². The van der Waals surface area contributed by atoms with Gasteiger partial charge < -0.3 is 5.32 Å². The van der Waals surface area contributed by atoms with Crippen molar-refractivity contribution < 1.29 is 4.39 Å². The maximum atomic E-state index is 13.8. The Morgan fingerprint density at radius 2 is 2.19 bits per heavy atom. The van der Waals surface area contributed by atoms with Gasteiger partial charge in [-0.15, -0.1) is 0 Å². The van der Waals surface area contributed by atoms with E-state index in [1.807, 2.05) is 13.1 Å². The van der Waals surface area contributed by atoms with E-state index in [-0.39, 0.29) is 5.82 Å². The molecule has 0 saturated heterocycles. The average molecular weight is 217 g/mol. The van der Waals surface area contributed by atoms with Crippen molar-refractivity contribution >= 4 is 0 Å². The van der Waals surface area contributed by atoms with Crippen LogP contribution in [0.3, 0.4) is 0 Å². The molecule has 3 nitrogen and oxygen atoms in total. The monoisotopic (exact) mass is 217 g/mol. The van der Waals surface area contributed by atoms with Crippen molar-refractivity contribution in [2.75, 3.05) is 7.05 Å². The molecule has 1 aromatic heterocycles. The molecule has 0 saturated carbocycles. The van der Waals surface area contributed by atoms with Crippen LogP contribution in [-0.4, -0.2) is 17.0 Å². The number of halogens is 1. The molecule has 2 rings (SSSR count). The van der Waals surface area contributed by atoms with Gasteiger partial charge in [0, 0.05) is 24.5 Å². The third-order valence-corrected chi connectivity index (χ3v) is 2.25. The molecule has 0 spiro atoms. The lowest BCUT2D eigenvalue weighted by Gasteiger charge is -2.04. The summed E-state index contributed by atoms with van der Waals surface area (Å²) in [6.45, 7) is 0.650. The fraction of sp³-hybridized carbons (Fsp3) is 0.167. The maximum absolute atomic E-state index is 13.8. The molecule has 2 aromatic rings. The van der Waals surface area contributed by atoms with E-state index in [1.165, 1.54) is 6.07 Å². The standard InChI is InChI=1S/C12H12FN3/c1-14-7-9-2-3-10(11(13)6-9)12-8-15-4-5-16-12/h2-6,8,14H,7H2,1H3. The minimum atomic E-state index is -0.270. The second-order valence-corrected chi connectivity index (χ2v) is 3.44. The van der Waals surface area contributed by atoms with Crippen LogP contribution in [0.5, 0.6) is 0 Å². The predicted molar refractivity (Wildman–Crippen MR) is 60.2 cm³/mol. The Labute approximate surface area is 93.4 Å². The Hall–Kier alpha value is -1.81. The summed E-state index contributed by atoms with van der Waals surface area (Å²) in [6, 6.07) is 5.12. The van der Waals surface area contributed by atoms with Crippen LogP contribution in [0.15, 0.2) is 36.8 Å². The lowest BCUT2D eigenvalue weighted by atomic mass is 10.1. The second-order valence-electron chi connectivity index (χ2n) is 3.44. The first-order valence-electron chi connectivity index (χ1n) is 5.00. The van der Waals surface area contributed by atoms with Crippen LogP contribution in [0, 0.1) is 5.82 Å². The smallest absolute Gasteiger partial charge is 0.132 e. The predicted octanol–water partition coefficient (Wildman–Crippen LogP) is 2.00. The van der Waals surface area contributed by atoms with E-state index in [9.17, 15) is 4.39 Å². The summed E-state index contributed by atoms with van der Waals surface area (Å²) in [5.74, 6) is -0.270. The fourth-order valence-electron chi connectivity index (χ4n) is 1.52. The zero-order chi connectivity index (χ0) is 11.4. The average Bonchev–Trinajstić information content (AvgIpc) is 2.31. The molecule has 82 valence electrons. The molecule has 0 aliphatic carbocycles. The van der Waals surface area contributed by atoms with Gasteiger partial charge in [0.25, 0.3) is 0 Å². The first kappa shape index (κ1) is 10.7. The minimum Gasteiger partial charge on any atom is -0.316 e. The highest BCUT2D eigenvalue weighted by Crippen LogP contribution is 2.20. The van der Waals surface area contributed by atoms with Crippen molar-refractivity contribution in [1.82, 2.24) is 15.3 Å². The van der Waals surface area contributed by atoms with Crippen molar-refractivity contribution in [1.29, 1.82) is 0 Å². The van der Waals surface area contributed by atoms with E-state index < -0.39 is 0 Å². The summed E-state index contributed by atoms with van der Waals surface area (Å²) in [7, 11) is 1.83. The summed E-state index contributed by atoms with van der Waals surface area (Å²) in [6.07, 6.45) is 4.67. The molecule has 0 bridgehead atoms. The first-order valence-corrected chi connectivity index (χ1v) is 5.00. The van der Waals surface area contributed by atoms with Crippen molar-refractivity contribution in [3.63, 3.8) is 0 Å². The highest BCUT2D eigenvalue weighted by molar-refractivity contribution is 5.59. The molecule has 1 N–H and O–H groups in total. The van der Waals surface area contributed by atoms with Crippen LogP contribution in [0.4, 0.5) is 4.39 Å². The molecular formula is C12H12FN3. The molecule has 0 radical (unpaired) electrons. The Balaban J connectivity index is 2.37. The van der Waals surface area contributed by atoms with Gasteiger partial charge in [-0.05, 0) is 24.7 Å². The summed E-state index contributed by atoms with van der Waals surface area (Å²) in [4.78, 5) is 7.99. The van der Waals surface area contributed by atoms with Crippen molar-refractivity contribution in [2.24, 2.45) is 0 Å². The molecule has 1 heterocycles. The number of nitrogens with one attached hydrogen (secondary N) is 1. The second kappa shape index (κ2) is 4.81. The van der Waals surface area contributed by atoms with E-state index in [0.29, 0.717) is 17.8 Å². The first-order chi connectivity index (χ1) is 7.81. The summed E-state index contributed by atoms with van der Waals surface area (Å²) in [5.41, 5.74) is 1.94. The number of nitrogens with zero attached hydrogens (tertiary/aromatic N) is 2. The zero-order valence-corrected chi connectivity index (χ0v) is 8.94. The van der Waals surface area contributed by atoms with Crippen LogP contribution in [0.25, 0.3) is 11.3 Å². The normalized spacial score (nSPS) is 10.4. The number of benzene rings is 1. The zero-order valence-electron chi connectivity index (χ0n) is 8.94. The molecule has 16 heavy (non-hydrogen) atoms. The fourth-order valence-corrected chi connectivity index (χ4v) is 1.52. The Morgan fingerprint density at radius 1 is 1.31 bits per heavy atom. The highest BCUT2D eigenvalue weighted by Gasteiger charge is 2.06. The maximum Gasteiger partial charge on any atom is 0.132 e. The Bertz CT molecular complexity index is 471.